The lowest BCUT2D eigenvalue weighted by Crippen LogP contribution is -2.28. The second-order valence-corrected chi connectivity index (χ2v) is 6.08. The fourth-order valence-electron chi connectivity index (χ4n) is 2.56. The molecule has 5 nitrogen and oxygen atoms in total. The van der Waals surface area contributed by atoms with Crippen molar-refractivity contribution in [2.24, 2.45) is 0 Å². The van der Waals surface area contributed by atoms with E-state index in [1.807, 2.05) is 6.07 Å². The molecule has 0 atom stereocenters. The first-order chi connectivity index (χ1) is 10.5. The summed E-state index contributed by atoms with van der Waals surface area (Å²) in [4.78, 5) is 24.5. The van der Waals surface area contributed by atoms with Crippen LogP contribution in [0.25, 0.3) is 5.69 Å². The smallest absolute Gasteiger partial charge is 0.292 e. The summed E-state index contributed by atoms with van der Waals surface area (Å²) < 4.78 is 16.7. The van der Waals surface area contributed by atoms with Crippen LogP contribution in [0.15, 0.2) is 21.4 Å². The Kier molecular flexibility index (Phi) is 3.67. The minimum Gasteiger partial charge on any atom is -0.292 e. The van der Waals surface area contributed by atoms with Crippen LogP contribution < -0.4 is 5.69 Å². The van der Waals surface area contributed by atoms with E-state index in [2.05, 4.69) is 15.9 Å². The molecule has 0 amide bonds. The van der Waals surface area contributed by atoms with Gasteiger partial charge in [-0.2, -0.15) is 5.26 Å². The molecule has 1 aliphatic heterocycles. The number of hydrogen-bond donors (Lipinski definition) is 0. The van der Waals surface area contributed by atoms with Crippen LogP contribution in [0.1, 0.15) is 29.0 Å². The molecule has 0 bridgehead atoms. The molecule has 3 rings (SSSR count). The van der Waals surface area contributed by atoms with Crippen molar-refractivity contribution in [2.75, 3.05) is 0 Å². The minimum absolute atomic E-state index is 0.0456. The Balaban J connectivity index is 2.39. The summed E-state index contributed by atoms with van der Waals surface area (Å²) in [5, 5.41) is 9.49. The van der Waals surface area contributed by atoms with Crippen LogP contribution in [-0.4, -0.2) is 14.9 Å². The van der Waals surface area contributed by atoms with Gasteiger partial charge in [-0.15, -0.1) is 0 Å². The molecular formula is C14H8BrClFN3O2. The van der Waals surface area contributed by atoms with Crippen LogP contribution in [0.2, 0.25) is 5.02 Å². The number of carbonyl (C=O) groups is 1. The van der Waals surface area contributed by atoms with Crippen molar-refractivity contribution in [3.63, 3.8) is 0 Å². The van der Waals surface area contributed by atoms with Crippen molar-refractivity contribution in [2.45, 2.75) is 19.4 Å². The zero-order valence-electron chi connectivity index (χ0n) is 11.1. The number of imidazole rings is 1. The number of fused-ring (bicyclic) bond motifs is 1. The Morgan fingerprint density at radius 2 is 2.09 bits per heavy atom. The van der Waals surface area contributed by atoms with E-state index in [0.717, 1.165) is 10.6 Å². The third-order valence-corrected chi connectivity index (χ3v) is 4.72. The van der Waals surface area contributed by atoms with Gasteiger partial charge in [0.15, 0.2) is 11.5 Å². The summed E-state index contributed by atoms with van der Waals surface area (Å²) >= 11 is 8.97. The summed E-state index contributed by atoms with van der Waals surface area (Å²) in [5.41, 5.74) is -0.827. The highest BCUT2D eigenvalue weighted by atomic mass is 79.9. The summed E-state index contributed by atoms with van der Waals surface area (Å²) in [5.74, 6) is -1.03. The van der Waals surface area contributed by atoms with Gasteiger partial charge < -0.3 is 0 Å². The summed E-state index contributed by atoms with van der Waals surface area (Å²) in [6.45, 7) is 0.331. The Morgan fingerprint density at radius 1 is 1.36 bits per heavy atom. The molecule has 1 aliphatic rings. The van der Waals surface area contributed by atoms with Gasteiger partial charge in [0.25, 0.3) is 0 Å². The molecule has 0 aliphatic carbocycles. The van der Waals surface area contributed by atoms with E-state index in [1.165, 1.54) is 10.6 Å². The van der Waals surface area contributed by atoms with Gasteiger partial charge in [-0.1, -0.05) is 11.6 Å². The minimum atomic E-state index is -0.748. The molecule has 8 heteroatoms. The normalized spacial score (nSPS) is 13.8. The van der Waals surface area contributed by atoms with Crippen LogP contribution in [0.3, 0.4) is 0 Å². The molecule has 0 N–H and O–H groups in total. The zero-order chi connectivity index (χ0) is 16.0. The molecule has 0 radical (unpaired) electrons. The van der Waals surface area contributed by atoms with E-state index in [4.69, 9.17) is 11.6 Å². The largest absolute Gasteiger partial charge is 0.334 e. The second-order valence-electron chi connectivity index (χ2n) is 4.82. The van der Waals surface area contributed by atoms with E-state index in [1.54, 1.807) is 0 Å². The Hall–Kier alpha value is -1.91. The third-order valence-electron chi connectivity index (χ3n) is 3.53. The summed E-state index contributed by atoms with van der Waals surface area (Å²) in [6.07, 6.45) is 0.790. The highest BCUT2D eigenvalue weighted by molar-refractivity contribution is 9.10. The number of carbonyl (C=O) groups excluding carboxylic acids is 1. The van der Waals surface area contributed by atoms with Gasteiger partial charge in [-0.25, -0.2) is 13.8 Å². The predicted molar refractivity (Wildman–Crippen MR) is 81.0 cm³/mol. The Labute approximate surface area is 137 Å². The van der Waals surface area contributed by atoms with Crippen molar-refractivity contribution in [3.8, 4) is 11.8 Å². The number of ketones is 1. The van der Waals surface area contributed by atoms with Crippen LogP contribution >= 0.6 is 27.5 Å². The van der Waals surface area contributed by atoms with Crippen molar-refractivity contribution >= 4 is 33.3 Å². The number of aromatic nitrogens is 2. The summed E-state index contributed by atoms with van der Waals surface area (Å²) in [6, 6.07) is 4.21. The van der Waals surface area contributed by atoms with Gasteiger partial charge in [-0.05, 0) is 34.5 Å². The third kappa shape index (κ3) is 2.11. The molecule has 2 aromatic rings. The SMILES string of the molecule is N#Cc1c2n(c(=O)n1-c1cc(Br)c(Cl)cc1F)CCCC2=O. The molecule has 1 aromatic heterocycles. The van der Waals surface area contributed by atoms with E-state index < -0.39 is 11.5 Å². The monoisotopic (exact) mass is 383 g/mol. The first-order valence-corrected chi connectivity index (χ1v) is 7.56. The maximum absolute atomic E-state index is 14.2. The first kappa shape index (κ1) is 15.0. The summed E-state index contributed by atoms with van der Waals surface area (Å²) in [7, 11) is 0. The molecule has 112 valence electrons. The maximum Gasteiger partial charge on any atom is 0.334 e. The highest BCUT2D eigenvalue weighted by Gasteiger charge is 2.29. The van der Waals surface area contributed by atoms with Gasteiger partial charge in [0.2, 0.25) is 0 Å². The number of benzene rings is 1. The lowest BCUT2D eigenvalue weighted by molar-refractivity contribution is 0.0954. The number of hydrogen-bond acceptors (Lipinski definition) is 3. The van der Waals surface area contributed by atoms with Crippen molar-refractivity contribution in [1.82, 2.24) is 9.13 Å². The van der Waals surface area contributed by atoms with Crippen LogP contribution in [0, 0.1) is 17.1 Å². The molecule has 22 heavy (non-hydrogen) atoms. The molecule has 0 spiro atoms. The lowest BCUT2D eigenvalue weighted by atomic mass is 10.1. The highest BCUT2D eigenvalue weighted by Crippen LogP contribution is 2.29. The van der Waals surface area contributed by atoms with Gasteiger partial charge >= 0.3 is 5.69 Å². The van der Waals surface area contributed by atoms with E-state index >= 15 is 0 Å². The molecule has 2 heterocycles. The topological polar surface area (TPSA) is 67.8 Å². The van der Waals surface area contributed by atoms with Crippen molar-refractivity contribution in [1.29, 1.82) is 5.26 Å². The first-order valence-electron chi connectivity index (χ1n) is 6.39. The Bertz CT molecular complexity index is 910. The predicted octanol–water partition coefficient (Wildman–Crippen LogP) is 3.04. The molecule has 0 fully saturated rings. The Morgan fingerprint density at radius 3 is 2.77 bits per heavy atom. The molecule has 0 saturated heterocycles. The van der Waals surface area contributed by atoms with Gasteiger partial charge in [0, 0.05) is 17.4 Å². The average Bonchev–Trinajstić information content (AvgIpc) is 2.77. The van der Waals surface area contributed by atoms with Crippen molar-refractivity contribution in [3.05, 3.63) is 49.3 Å². The number of Topliss-reactive ketones (excluding diaryl/α,β-unsaturated/α-hetero) is 1. The number of halogens is 3. The fraction of sp³-hybridized carbons (Fsp3) is 0.214. The number of nitrogens with zero attached hydrogens (tertiary/aromatic N) is 3. The van der Waals surface area contributed by atoms with Gasteiger partial charge in [0.1, 0.15) is 17.6 Å². The average molecular weight is 385 g/mol. The van der Waals surface area contributed by atoms with Crippen LogP contribution in [0.4, 0.5) is 4.39 Å². The molecule has 0 saturated carbocycles. The fourth-order valence-corrected chi connectivity index (χ4v) is 3.04. The standard InChI is InChI=1S/C14H8BrClFN3O2/c15-7-4-10(9(17)5-8(7)16)20-11(6-18)13-12(21)2-1-3-19(13)14(20)22/h4-5H,1-3H2. The van der Waals surface area contributed by atoms with E-state index in [0.29, 0.717) is 17.4 Å². The van der Waals surface area contributed by atoms with E-state index in [9.17, 15) is 19.2 Å². The quantitative estimate of drug-likeness (QED) is 0.710. The molecular weight excluding hydrogens is 377 g/mol. The zero-order valence-corrected chi connectivity index (χ0v) is 13.4. The number of rotatable bonds is 1. The molecule has 0 unspecified atom stereocenters. The van der Waals surface area contributed by atoms with Crippen LogP contribution in [-0.2, 0) is 6.54 Å². The number of nitriles is 1. The van der Waals surface area contributed by atoms with Crippen LogP contribution in [0.5, 0.6) is 0 Å². The maximum atomic E-state index is 14.2. The van der Waals surface area contributed by atoms with Gasteiger partial charge in [-0.3, -0.25) is 9.36 Å². The second kappa shape index (κ2) is 5.38. The van der Waals surface area contributed by atoms with E-state index in [-0.39, 0.29) is 34.3 Å². The lowest BCUT2D eigenvalue weighted by Gasteiger charge is -2.11. The molecule has 1 aromatic carbocycles. The van der Waals surface area contributed by atoms with Crippen molar-refractivity contribution < 1.29 is 9.18 Å². The van der Waals surface area contributed by atoms with Gasteiger partial charge in [0.05, 0.1) is 10.7 Å².